The van der Waals surface area contributed by atoms with Gasteiger partial charge in [-0.05, 0) is 30.2 Å². The summed E-state index contributed by atoms with van der Waals surface area (Å²) in [5, 5.41) is 13.1. The lowest BCUT2D eigenvalue weighted by Gasteiger charge is -2.06. The van der Waals surface area contributed by atoms with Crippen LogP contribution in [0.5, 0.6) is 5.75 Å². The van der Waals surface area contributed by atoms with E-state index in [-0.39, 0.29) is 12.4 Å². The largest absolute Gasteiger partial charge is 0.507 e. The van der Waals surface area contributed by atoms with Crippen LogP contribution in [0.3, 0.4) is 0 Å². The first-order valence-corrected chi connectivity index (χ1v) is 7.54. The standard InChI is InChI=1S/C18H18ClNO3/c1-13-10-16(19)11-15(17(13)21)8-5-9-20-18(22)23-12-14-6-3-2-4-7-14/h2-8,10-11,21H,9,12H2,1H3,(H,20,22). The Morgan fingerprint density at radius 3 is 2.78 bits per heavy atom. The summed E-state index contributed by atoms with van der Waals surface area (Å²) >= 11 is 5.95. The Kier molecular flexibility index (Phi) is 6.06. The second-order valence-corrected chi connectivity index (χ2v) is 5.44. The highest BCUT2D eigenvalue weighted by atomic mass is 35.5. The molecule has 5 heteroatoms. The number of hydrogen-bond acceptors (Lipinski definition) is 3. The van der Waals surface area contributed by atoms with Gasteiger partial charge in [-0.2, -0.15) is 0 Å². The molecule has 120 valence electrons. The number of rotatable bonds is 5. The summed E-state index contributed by atoms with van der Waals surface area (Å²) in [5.41, 5.74) is 2.24. The van der Waals surface area contributed by atoms with Crippen LogP contribution in [0, 0.1) is 6.92 Å². The highest BCUT2D eigenvalue weighted by molar-refractivity contribution is 6.30. The van der Waals surface area contributed by atoms with Gasteiger partial charge in [0.1, 0.15) is 12.4 Å². The minimum Gasteiger partial charge on any atom is -0.507 e. The maximum absolute atomic E-state index is 11.6. The average molecular weight is 332 g/mol. The molecule has 0 fully saturated rings. The van der Waals surface area contributed by atoms with Crippen molar-refractivity contribution in [3.8, 4) is 5.75 Å². The van der Waals surface area contributed by atoms with Gasteiger partial charge < -0.3 is 15.2 Å². The van der Waals surface area contributed by atoms with Crippen molar-refractivity contribution in [2.75, 3.05) is 6.54 Å². The number of phenols is 1. The summed E-state index contributed by atoms with van der Waals surface area (Å²) in [7, 11) is 0. The van der Waals surface area contributed by atoms with Crippen molar-refractivity contribution >= 4 is 23.8 Å². The molecule has 0 atom stereocenters. The fraction of sp³-hybridized carbons (Fsp3) is 0.167. The van der Waals surface area contributed by atoms with Gasteiger partial charge >= 0.3 is 6.09 Å². The highest BCUT2D eigenvalue weighted by Gasteiger charge is 2.04. The van der Waals surface area contributed by atoms with E-state index in [1.54, 1.807) is 31.2 Å². The van der Waals surface area contributed by atoms with E-state index in [2.05, 4.69) is 5.32 Å². The van der Waals surface area contributed by atoms with Gasteiger partial charge in [0.05, 0.1) is 0 Å². The Morgan fingerprint density at radius 1 is 1.30 bits per heavy atom. The van der Waals surface area contributed by atoms with Crippen molar-refractivity contribution < 1.29 is 14.6 Å². The molecular formula is C18H18ClNO3. The van der Waals surface area contributed by atoms with Gasteiger partial charge in [0, 0.05) is 17.1 Å². The zero-order chi connectivity index (χ0) is 16.7. The van der Waals surface area contributed by atoms with Crippen molar-refractivity contribution in [3.05, 3.63) is 70.3 Å². The van der Waals surface area contributed by atoms with E-state index in [0.29, 0.717) is 22.7 Å². The van der Waals surface area contributed by atoms with Crippen molar-refractivity contribution in [3.63, 3.8) is 0 Å². The van der Waals surface area contributed by atoms with Crippen LogP contribution in [0.15, 0.2) is 48.5 Å². The fourth-order valence-corrected chi connectivity index (χ4v) is 2.27. The Hall–Kier alpha value is -2.46. The fourth-order valence-electron chi connectivity index (χ4n) is 1.99. The molecule has 0 aromatic heterocycles. The summed E-state index contributed by atoms with van der Waals surface area (Å²) in [6, 6.07) is 12.8. The smallest absolute Gasteiger partial charge is 0.407 e. The van der Waals surface area contributed by atoms with Gasteiger partial charge in [-0.15, -0.1) is 0 Å². The van der Waals surface area contributed by atoms with Crippen LogP contribution in [-0.4, -0.2) is 17.7 Å². The molecule has 0 aliphatic heterocycles. The van der Waals surface area contributed by atoms with E-state index in [1.165, 1.54) is 0 Å². The second kappa shape index (κ2) is 8.25. The van der Waals surface area contributed by atoms with Gasteiger partial charge in [0.15, 0.2) is 0 Å². The minimum absolute atomic E-state index is 0.178. The number of carbonyl (C=O) groups excluding carboxylic acids is 1. The molecule has 0 saturated heterocycles. The molecule has 0 spiro atoms. The molecule has 0 aliphatic rings. The summed E-state index contributed by atoms with van der Waals surface area (Å²) in [6.45, 7) is 2.29. The van der Waals surface area contributed by atoms with Crippen molar-refractivity contribution in [1.29, 1.82) is 0 Å². The van der Waals surface area contributed by atoms with E-state index < -0.39 is 6.09 Å². The highest BCUT2D eigenvalue weighted by Crippen LogP contribution is 2.27. The Labute approximate surface area is 140 Å². The van der Waals surface area contributed by atoms with Crippen molar-refractivity contribution in [2.24, 2.45) is 0 Å². The third kappa shape index (κ3) is 5.34. The van der Waals surface area contributed by atoms with Crippen molar-refractivity contribution in [2.45, 2.75) is 13.5 Å². The molecule has 0 bridgehead atoms. The monoisotopic (exact) mass is 331 g/mol. The second-order valence-electron chi connectivity index (χ2n) is 5.01. The molecule has 2 N–H and O–H groups in total. The van der Waals surface area contributed by atoms with Crippen LogP contribution < -0.4 is 5.32 Å². The number of ether oxygens (including phenoxy) is 1. The van der Waals surface area contributed by atoms with Gasteiger partial charge in [-0.1, -0.05) is 54.1 Å². The third-order valence-corrected chi connectivity index (χ3v) is 3.39. The Morgan fingerprint density at radius 2 is 2.04 bits per heavy atom. The lowest BCUT2D eigenvalue weighted by Crippen LogP contribution is -2.24. The van der Waals surface area contributed by atoms with Gasteiger partial charge in [-0.3, -0.25) is 0 Å². The van der Waals surface area contributed by atoms with E-state index >= 15 is 0 Å². The van der Waals surface area contributed by atoms with Crippen LogP contribution in [0.1, 0.15) is 16.7 Å². The molecule has 2 aromatic carbocycles. The first kappa shape index (κ1) is 16.9. The molecule has 2 rings (SSSR count). The molecular weight excluding hydrogens is 314 g/mol. The number of alkyl carbamates (subject to hydrolysis) is 1. The number of benzene rings is 2. The summed E-state index contributed by atoms with van der Waals surface area (Å²) in [6.07, 6.45) is 2.92. The number of carbonyl (C=O) groups is 1. The predicted octanol–water partition coefficient (Wildman–Crippen LogP) is 4.29. The normalized spacial score (nSPS) is 10.7. The van der Waals surface area contributed by atoms with Gasteiger partial charge in [-0.25, -0.2) is 4.79 Å². The summed E-state index contributed by atoms with van der Waals surface area (Å²) in [5.74, 6) is 0.178. The maximum atomic E-state index is 11.6. The van der Waals surface area contributed by atoms with E-state index in [0.717, 1.165) is 5.56 Å². The number of hydrogen-bond donors (Lipinski definition) is 2. The van der Waals surface area contributed by atoms with Crippen LogP contribution in [0.4, 0.5) is 4.79 Å². The number of aryl methyl sites for hydroxylation is 1. The number of nitrogens with one attached hydrogen (secondary N) is 1. The Balaban J connectivity index is 1.79. The molecule has 0 unspecified atom stereocenters. The van der Waals surface area contributed by atoms with Crippen LogP contribution >= 0.6 is 11.6 Å². The quantitative estimate of drug-likeness (QED) is 0.859. The summed E-state index contributed by atoms with van der Waals surface area (Å²) < 4.78 is 5.09. The molecule has 0 radical (unpaired) electrons. The predicted molar refractivity (Wildman–Crippen MR) is 91.5 cm³/mol. The first-order chi connectivity index (χ1) is 11.1. The number of amides is 1. The van der Waals surface area contributed by atoms with Gasteiger partial charge in [0.2, 0.25) is 0 Å². The molecule has 2 aromatic rings. The minimum atomic E-state index is -0.495. The molecule has 4 nitrogen and oxygen atoms in total. The molecule has 1 amide bonds. The zero-order valence-electron chi connectivity index (χ0n) is 12.8. The molecule has 23 heavy (non-hydrogen) atoms. The number of phenolic OH excluding ortho intramolecular Hbond substituents is 1. The third-order valence-electron chi connectivity index (χ3n) is 3.17. The van der Waals surface area contributed by atoms with Crippen LogP contribution in [-0.2, 0) is 11.3 Å². The van der Waals surface area contributed by atoms with E-state index in [9.17, 15) is 9.90 Å². The first-order valence-electron chi connectivity index (χ1n) is 7.16. The van der Waals surface area contributed by atoms with Crippen LogP contribution in [0.25, 0.3) is 6.08 Å². The van der Waals surface area contributed by atoms with Gasteiger partial charge in [0.25, 0.3) is 0 Å². The zero-order valence-corrected chi connectivity index (χ0v) is 13.5. The molecule has 0 saturated carbocycles. The summed E-state index contributed by atoms with van der Waals surface area (Å²) in [4.78, 5) is 11.6. The number of aromatic hydroxyl groups is 1. The topological polar surface area (TPSA) is 58.6 Å². The Bertz CT molecular complexity index is 699. The lowest BCUT2D eigenvalue weighted by molar-refractivity contribution is 0.141. The maximum Gasteiger partial charge on any atom is 0.407 e. The SMILES string of the molecule is Cc1cc(Cl)cc(C=CCNC(=O)OCc2ccccc2)c1O. The van der Waals surface area contributed by atoms with Crippen molar-refractivity contribution in [1.82, 2.24) is 5.32 Å². The van der Waals surface area contributed by atoms with E-state index in [4.69, 9.17) is 16.3 Å². The number of halogens is 1. The molecule has 0 heterocycles. The van der Waals surface area contributed by atoms with Crippen LogP contribution in [0.2, 0.25) is 5.02 Å². The lowest BCUT2D eigenvalue weighted by atomic mass is 10.1. The molecule has 0 aliphatic carbocycles. The van der Waals surface area contributed by atoms with E-state index in [1.807, 2.05) is 30.3 Å². The average Bonchev–Trinajstić information content (AvgIpc) is 2.54.